The normalized spacial score (nSPS) is 11.6. The zero-order valence-electron chi connectivity index (χ0n) is 8.68. The van der Waals surface area contributed by atoms with E-state index in [2.05, 4.69) is 18.8 Å². The minimum atomic E-state index is -0.180. The minimum Gasteiger partial charge on any atom is -0.207 e. The fourth-order valence-electron chi connectivity index (χ4n) is 1.26. The van der Waals surface area contributed by atoms with Gasteiger partial charge >= 0.3 is 0 Å². The molecule has 0 amide bonds. The van der Waals surface area contributed by atoms with Crippen molar-refractivity contribution in [1.29, 1.82) is 0 Å². The molecule has 0 aliphatic rings. The van der Waals surface area contributed by atoms with Gasteiger partial charge in [-0.25, -0.2) is 4.39 Å². The Hall–Kier alpha value is -1.29. The Morgan fingerprint density at radius 1 is 1.21 bits per heavy atom. The highest BCUT2D eigenvalue weighted by molar-refractivity contribution is 5.21. The van der Waals surface area contributed by atoms with Gasteiger partial charge in [0, 0.05) is 12.8 Å². The summed E-state index contributed by atoms with van der Waals surface area (Å²) in [5.41, 5.74) is 1.15. The molecule has 0 aromatic heterocycles. The van der Waals surface area contributed by atoms with Crippen molar-refractivity contribution < 1.29 is 4.39 Å². The minimum absolute atomic E-state index is 0.180. The molecule has 14 heavy (non-hydrogen) atoms. The predicted molar refractivity (Wildman–Crippen MR) is 57.5 cm³/mol. The average Bonchev–Trinajstić information content (AvgIpc) is 2.19. The molecule has 0 heterocycles. The SMILES string of the molecule is CCC#CCC(C)c1ccc(F)cc1. The summed E-state index contributed by atoms with van der Waals surface area (Å²) in [7, 11) is 0. The molecule has 1 heteroatoms. The number of rotatable bonds is 2. The van der Waals surface area contributed by atoms with Crippen LogP contribution in [0.5, 0.6) is 0 Å². The van der Waals surface area contributed by atoms with Crippen LogP contribution in [0.15, 0.2) is 24.3 Å². The van der Waals surface area contributed by atoms with Gasteiger partial charge in [0.2, 0.25) is 0 Å². The topological polar surface area (TPSA) is 0 Å². The van der Waals surface area contributed by atoms with E-state index in [4.69, 9.17) is 0 Å². The third kappa shape index (κ3) is 3.22. The summed E-state index contributed by atoms with van der Waals surface area (Å²) in [5.74, 6) is 6.34. The summed E-state index contributed by atoms with van der Waals surface area (Å²) in [4.78, 5) is 0. The van der Waals surface area contributed by atoms with Gasteiger partial charge in [-0.1, -0.05) is 26.0 Å². The first-order valence-corrected chi connectivity index (χ1v) is 4.95. The van der Waals surface area contributed by atoms with Crippen molar-refractivity contribution in [3.05, 3.63) is 35.6 Å². The van der Waals surface area contributed by atoms with Gasteiger partial charge in [0.15, 0.2) is 0 Å². The average molecular weight is 190 g/mol. The Morgan fingerprint density at radius 2 is 1.86 bits per heavy atom. The zero-order valence-corrected chi connectivity index (χ0v) is 8.68. The molecule has 0 aliphatic heterocycles. The summed E-state index contributed by atoms with van der Waals surface area (Å²) in [6, 6.07) is 6.65. The lowest BCUT2D eigenvalue weighted by Crippen LogP contribution is -1.91. The van der Waals surface area contributed by atoms with Gasteiger partial charge in [0.05, 0.1) is 0 Å². The molecule has 1 aromatic carbocycles. The van der Waals surface area contributed by atoms with Crippen molar-refractivity contribution in [3.63, 3.8) is 0 Å². The van der Waals surface area contributed by atoms with E-state index in [0.717, 1.165) is 18.4 Å². The Morgan fingerprint density at radius 3 is 2.43 bits per heavy atom. The van der Waals surface area contributed by atoms with Crippen molar-refractivity contribution in [2.75, 3.05) is 0 Å². The van der Waals surface area contributed by atoms with E-state index in [9.17, 15) is 4.39 Å². The zero-order chi connectivity index (χ0) is 10.4. The molecule has 0 aliphatic carbocycles. The molecule has 0 radical (unpaired) electrons. The van der Waals surface area contributed by atoms with E-state index >= 15 is 0 Å². The van der Waals surface area contributed by atoms with Crippen LogP contribution in [0.1, 0.15) is 38.2 Å². The highest BCUT2D eigenvalue weighted by Crippen LogP contribution is 2.18. The molecular formula is C13H15F. The van der Waals surface area contributed by atoms with Crippen LogP contribution in [0.3, 0.4) is 0 Å². The molecule has 1 atom stereocenters. The van der Waals surface area contributed by atoms with Crippen LogP contribution < -0.4 is 0 Å². The van der Waals surface area contributed by atoms with Crippen LogP contribution >= 0.6 is 0 Å². The Kier molecular flexibility index (Phi) is 4.19. The molecule has 1 rings (SSSR count). The van der Waals surface area contributed by atoms with Gasteiger partial charge in [-0.05, 0) is 23.6 Å². The third-order valence-electron chi connectivity index (χ3n) is 2.15. The van der Waals surface area contributed by atoms with Gasteiger partial charge in [0.25, 0.3) is 0 Å². The van der Waals surface area contributed by atoms with Crippen LogP contribution in [0.25, 0.3) is 0 Å². The fourth-order valence-corrected chi connectivity index (χ4v) is 1.26. The van der Waals surface area contributed by atoms with Gasteiger partial charge < -0.3 is 0 Å². The Bertz CT molecular complexity index is 326. The van der Waals surface area contributed by atoms with E-state index in [-0.39, 0.29) is 5.82 Å². The van der Waals surface area contributed by atoms with Gasteiger partial charge in [-0.3, -0.25) is 0 Å². The van der Waals surface area contributed by atoms with Crippen molar-refractivity contribution in [3.8, 4) is 11.8 Å². The lowest BCUT2D eigenvalue weighted by Gasteiger charge is -2.07. The second kappa shape index (κ2) is 5.44. The largest absolute Gasteiger partial charge is 0.207 e. The quantitative estimate of drug-likeness (QED) is 0.623. The van der Waals surface area contributed by atoms with Crippen LogP contribution in [0.2, 0.25) is 0 Å². The smallest absolute Gasteiger partial charge is 0.123 e. The maximum absolute atomic E-state index is 12.6. The summed E-state index contributed by atoms with van der Waals surface area (Å²) in [6.07, 6.45) is 1.75. The van der Waals surface area contributed by atoms with Gasteiger partial charge in [0.1, 0.15) is 5.82 Å². The van der Waals surface area contributed by atoms with E-state index in [1.54, 1.807) is 0 Å². The first kappa shape index (κ1) is 10.8. The first-order valence-electron chi connectivity index (χ1n) is 4.95. The second-order valence-corrected chi connectivity index (χ2v) is 3.36. The van der Waals surface area contributed by atoms with Crippen LogP contribution in [-0.4, -0.2) is 0 Å². The maximum atomic E-state index is 12.6. The summed E-state index contributed by atoms with van der Waals surface area (Å²) in [5, 5.41) is 0. The molecule has 74 valence electrons. The highest BCUT2D eigenvalue weighted by atomic mass is 19.1. The third-order valence-corrected chi connectivity index (χ3v) is 2.15. The molecule has 0 N–H and O–H groups in total. The number of hydrogen-bond acceptors (Lipinski definition) is 0. The van der Waals surface area contributed by atoms with E-state index in [1.807, 2.05) is 19.1 Å². The second-order valence-electron chi connectivity index (χ2n) is 3.36. The lowest BCUT2D eigenvalue weighted by molar-refractivity contribution is 0.625. The molecule has 1 aromatic rings. The molecule has 0 bridgehead atoms. The lowest BCUT2D eigenvalue weighted by atomic mass is 9.98. The van der Waals surface area contributed by atoms with E-state index < -0.39 is 0 Å². The molecule has 0 saturated carbocycles. The van der Waals surface area contributed by atoms with Crippen molar-refractivity contribution >= 4 is 0 Å². The van der Waals surface area contributed by atoms with E-state index in [1.165, 1.54) is 12.1 Å². The number of benzene rings is 1. The molecular weight excluding hydrogens is 175 g/mol. The molecule has 1 unspecified atom stereocenters. The number of hydrogen-bond donors (Lipinski definition) is 0. The van der Waals surface area contributed by atoms with Gasteiger partial charge in [-0.15, -0.1) is 11.8 Å². The Labute approximate surface area is 85.2 Å². The Balaban J connectivity index is 2.60. The summed E-state index contributed by atoms with van der Waals surface area (Å²) in [6.45, 7) is 4.15. The van der Waals surface area contributed by atoms with Crippen LogP contribution in [0, 0.1) is 17.7 Å². The summed E-state index contributed by atoms with van der Waals surface area (Å²) >= 11 is 0. The number of halogens is 1. The fraction of sp³-hybridized carbons (Fsp3) is 0.385. The molecule has 0 nitrogen and oxygen atoms in total. The highest BCUT2D eigenvalue weighted by Gasteiger charge is 2.02. The van der Waals surface area contributed by atoms with Crippen LogP contribution in [-0.2, 0) is 0 Å². The van der Waals surface area contributed by atoms with Crippen molar-refractivity contribution in [2.45, 2.75) is 32.6 Å². The molecule has 0 fully saturated rings. The van der Waals surface area contributed by atoms with Crippen molar-refractivity contribution in [2.24, 2.45) is 0 Å². The molecule has 0 spiro atoms. The standard InChI is InChI=1S/C13H15F/c1-3-4-5-6-11(2)12-7-9-13(14)10-8-12/h7-11H,3,6H2,1-2H3. The first-order chi connectivity index (χ1) is 6.74. The van der Waals surface area contributed by atoms with Gasteiger partial charge in [-0.2, -0.15) is 0 Å². The predicted octanol–water partition coefficient (Wildman–Crippen LogP) is 3.73. The van der Waals surface area contributed by atoms with Crippen LogP contribution in [0.4, 0.5) is 4.39 Å². The van der Waals surface area contributed by atoms with Crippen molar-refractivity contribution in [1.82, 2.24) is 0 Å². The van der Waals surface area contributed by atoms with E-state index in [0.29, 0.717) is 5.92 Å². The maximum Gasteiger partial charge on any atom is 0.123 e. The summed E-state index contributed by atoms with van der Waals surface area (Å²) < 4.78 is 12.6. The molecule has 0 saturated heterocycles. The monoisotopic (exact) mass is 190 g/mol.